The average Bonchev–Trinajstić information content (AvgIpc) is 2.62. The first-order valence-corrected chi connectivity index (χ1v) is 9.37. The number of benzene rings is 1. The number of thiocarbonyl (C=S) groups is 1. The zero-order chi connectivity index (χ0) is 19.1. The van der Waals surface area contributed by atoms with Crippen LogP contribution >= 0.6 is 36.4 Å². The minimum atomic E-state index is 0.235. The maximum atomic E-state index is 7.18. The minimum Gasteiger partial charge on any atom is -0.382 e. The highest BCUT2D eigenvalue weighted by Gasteiger charge is 2.25. The first-order chi connectivity index (χ1) is 12.5. The van der Waals surface area contributed by atoms with Gasteiger partial charge in [-0.2, -0.15) is 5.26 Å². The molecule has 6 nitrogen and oxygen atoms in total. The number of hydrogen-bond donors (Lipinski definition) is 4. The third-order valence-corrected chi connectivity index (χ3v) is 4.85. The summed E-state index contributed by atoms with van der Waals surface area (Å²) in [6.45, 7) is 0. The summed E-state index contributed by atoms with van der Waals surface area (Å²) in [5.74, 6) is 5.90. The lowest BCUT2D eigenvalue weighted by atomic mass is 9.90. The van der Waals surface area contributed by atoms with Crippen molar-refractivity contribution in [3.05, 3.63) is 35.5 Å². The number of nitrogens with zero attached hydrogens (tertiary/aromatic N) is 3. The van der Waals surface area contributed by atoms with E-state index in [1.54, 1.807) is 6.20 Å². The maximum Gasteiger partial charge on any atom is 0.180 e. The molecule has 1 aliphatic carbocycles. The topological polar surface area (TPSA) is 104 Å². The minimum absolute atomic E-state index is 0.235. The molecule has 0 aliphatic heterocycles. The van der Waals surface area contributed by atoms with E-state index in [4.69, 9.17) is 40.7 Å². The third-order valence-electron chi connectivity index (χ3n) is 4.41. The van der Waals surface area contributed by atoms with Gasteiger partial charge in [0.15, 0.2) is 5.11 Å². The van der Waals surface area contributed by atoms with Gasteiger partial charge in [0.2, 0.25) is 0 Å². The van der Waals surface area contributed by atoms with Crippen LogP contribution in [0.15, 0.2) is 30.5 Å². The Morgan fingerprint density at radius 3 is 2.62 bits per heavy atom. The number of thiocyanates is 1. The molecule has 0 atom stereocenters. The van der Waals surface area contributed by atoms with E-state index in [0.717, 1.165) is 42.3 Å². The zero-order valence-corrected chi connectivity index (χ0v) is 16.6. The van der Waals surface area contributed by atoms with Gasteiger partial charge in [0.05, 0.1) is 5.52 Å². The molecule has 0 unspecified atom stereocenters. The fourth-order valence-electron chi connectivity index (χ4n) is 3.15. The highest BCUT2D eigenvalue weighted by molar-refractivity contribution is 7.85. The van der Waals surface area contributed by atoms with Crippen molar-refractivity contribution in [2.24, 2.45) is 11.6 Å². The number of aromatic nitrogens is 1. The molecule has 138 valence electrons. The number of rotatable bonds is 3. The molecule has 5 N–H and O–H groups in total. The third kappa shape index (κ3) is 5.35. The predicted octanol–water partition coefficient (Wildman–Crippen LogP) is 3.43. The van der Waals surface area contributed by atoms with Gasteiger partial charge in [-0.25, -0.2) is 5.84 Å². The van der Waals surface area contributed by atoms with Gasteiger partial charge >= 0.3 is 0 Å². The fraction of sp³-hybridized carbons (Fsp3) is 0.353. The van der Waals surface area contributed by atoms with Crippen LogP contribution < -0.4 is 16.9 Å². The second kappa shape index (κ2) is 9.78. The Kier molecular flexibility index (Phi) is 7.72. The summed E-state index contributed by atoms with van der Waals surface area (Å²) in [5, 5.41) is 15.8. The monoisotopic (exact) mass is 408 g/mol. The first kappa shape index (κ1) is 20.5. The van der Waals surface area contributed by atoms with Crippen LogP contribution in [0.1, 0.15) is 25.7 Å². The number of pyridine rings is 1. The van der Waals surface area contributed by atoms with Crippen molar-refractivity contribution in [1.29, 1.82) is 5.26 Å². The SMILES string of the molecule is N#CS.NC(=S)N(N)C1CCC(Nc2ccnc3cc(Cl)ccc23)CC1. The molecule has 0 spiro atoms. The van der Waals surface area contributed by atoms with Crippen LogP contribution in [-0.2, 0) is 0 Å². The van der Waals surface area contributed by atoms with Crippen molar-refractivity contribution < 1.29 is 0 Å². The molecule has 2 aromatic rings. The van der Waals surface area contributed by atoms with Crippen molar-refractivity contribution in [1.82, 2.24) is 9.99 Å². The van der Waals surface area contributed by atoms with Crippen LogP contribution in [0.4, 0.5) is 5.69 Å². The second-order valence-electron chi connectivity index (χ2n) is 6.02. The van der Waals surface area contributed by atoms with Crippen LogP contribution in [-0.4, -0.2) is 27.2 Å². The van der Waals surface area contributed by atoms with E-state index in [2.05, 4.69) is 22.9 Å². The van der Waals surface area contributed by atoms with Gasteiger partial charge in [-0.15, -0.1) is 0 Å². The molecule has 0 amide bonds. The average molecular weight is 409 g/mol. The molecular weight excluding hydrogens is 388 g/mol. The Morgan fingerprint density at radius 1 is 1.35 bits per heavy atom. The number of anilines is 1. The zero-order valence-electron chi connectivity index (χ0n) is 14.1. The number of fused-ring (bicyclic) bond motifs is 1. The summed E-state index contributed by atoms with van der Waals surface area (Å²) < 4.78 is 0. The maximum absolute atomic E-state index is 7.18. The largest absolute Gasteiger partial charge is 0.382 e. The predicted molar refractivity (Wildman–Crippen MR) is 114 cm³/mol. The molecule has 1 saturated carbocycles. The van der Waals surface area contributed by atoms with Crippen LogP contribution in [0.2, 0.25) is 5.02 Å². The van der Waals surface area contributed by atoms with E-state index in [-0.39, 0.29) is 11.2 Å². The van der Waals surface area contributed by atoms with Crippen molar-refractivity contribution in [3.63, 3.8) is 0 Å². The van der Waals surface area contributed by atoms with Gasteiger partial charge in [-0.3, -0.25) is 9.99 Å². The highest BCUT2D eigenvalue weighted by atomic mass is 35.5. The van der Waals surface area contributed by atoms with Crippen molar-refractivity contribution >= 4 is 58.2 Å². The molecule has 26 heavy (non-hydrogen) atoms. The number of nitrogens with one attached hydrogen (secondary N) is 1. The van der Waals surface area contributed by atoms with E-state index >= 15 is 0 Å². The molecular formula is C17H21ClN6S2. The number of halogens is 1. The summed E-state index contributed by atoms with van der Waals surface area (Å²) in [6, 6.07) is 8.43. The van der Waals surface area contributed by atoms with Gasteiger partial charge in [0.25, 0.3) is 0 Å². The molecule has 1 heterocycles. The Bertz CT molecular complexity index is 801. The number of thiol groups is 1. The van der Waals surface area contributed by atoms with E-state index in [1.807, 2.05) is 24.3 Å². The van der Waals surface area contributed by atoms with Crippen LogP contribution in [0, 0.1) is 10.7 Å². The first-order valence-electron chi connectivity index (χ1n) is 8.13. The lowest BCUT2D eigenvalue weighted by Gasteiger charge is -2.35. The van der Waals surface area contributed by atoms with E-state index in [0.29, 0.717) is 11.1 Å². The lowest BCUT2D eigenvalue weighted by molar-refractivity contribution is 0.241. The molecule has 0 radical (unpaired) electrons. The van der Waals surface area contributed by atoms with E-state index in [1.165, 1.54) is 10.4 Å². The smallest absolute Gasteiger partial charge is 0.180 e. The number of hydrogen-bond acceptors (Lipinski definition) is 6. The molecule has 1 aromatic carbocycles. The summed E-state index contributed by atoms with van der Waals surface area (Å²) in [7, 11) is 0. The van der Waals surface area contributed by atoms with Crippen molar-refractivity contribution in [2.45, 2.75) is 37.8 Å². The Morgan fingerprint density at radius 2 is 2.00 bits per heavy atom. The van der Waals surface area contributed by atoms with Crippen LogP contribution in [0.3, 0.4) is 0 Å². The molecule has 1 aromatic heterocycles. The fourth-order valence-corrected chi connectivity index (χ4v) is 3.46. The molecule has 3 rings (SSSR count). The molecule has 0 saturated heterocycles. The Labute approximate surface area is 168 Å². The van der Waals surface area contributed by atoms with Crippen molar-refractivity contribution in [2.75, 3.05) is 5.32 Å². The summed E-state index contributed by atoms with van der Waals surface area (Å²) in [6.07, 6.45) is 5.80. The molecule has 0 bridgehead atoms. The standard InChI is InChI=1S/C16H20ClN5S.CHNS/c17-10-1-6-13-14(7-8-20-15(13)9-10)21-11-2-4-12(5-3-11)22(19)16(18)23;2-1-3/h1,6-9,11-12H,2-5,19H2,(H2,18,23)(H,20,21);3H. The van der Waals surface area contributed by atoms with E-state index in [9.17, 15) is 0 Å². The number of hydrazine groups is 1. The molecule has 1 aliphatic rings. The quantitative estimate of drug-likeness (QED) is 0.203. The van der Waals surface area contributed by atoms with E-state index < -0.39 is 0 Å². The normalized spacial score (nSPS) is 19.0. The molecule has 1 fully saturated rings. The number of nitrogens with two attached hydrogens (primary N) is 2. The van der Waals surface area contributed by atoms with Gasteiger partial charge < -0.3 is 11.1 Å². The highest BCUT2D eigenvalue weighted by Crippen LogP contribution is 2.29. The number of nitriles is 1. The van der Waals surface area contributed by atoms with Crippen LogP contribution in [0.5, 0.6) is 0 Å². The summed E-state index contributed by atoms with van der Waals surface area (Å²) in [5.41, 5.74) is 7.59. The van der Waals surface area contributed by atoms with Gasteiger partial charge in [0, 0.05) is 34.4 Å². The second-order valence-corrected chi connectivity index (χ2v) is 7.07. The van der Waals surface area contributed by atoms with Gasteiger partial charge in [-0.05, 0) is 62.2 Å². The Balaban J connectivity index is 0.000000758. The van der Waals surface area contributed by atoms with Crippen LogP contribution in [0.25, 0.3) is 10.9 Å². The Hall–Kier alpha value is -1.79. The van der Waals surface area contributed by atoms with Gasteiger partial charge in [-0.1, -0.05) is 24.2 Å². The van der Waals surface area contributed by atoms with Gasteiger partial charge in [0.1, 0.15) is 5.40 Å². The molecule has 9 heteroatoms. The van der Waals surface area contributed by atoms with Crippen molar-refractivity contribution in [3.8, 4) is 5.40 Å². The lowest BCUT2D eigenvalue weighted by Crippen LogP contribution is -2.50. The summed E-state index contributed by atoms with van der Waals surface area (Å²) in [4.78, 5) is 4.37. The summed E-state index contributed by atoms with van der Waals surface area (Å²) >= 11 is 14.1.